The van der Waals surface area contributed by atoms with E-state index in [2.05, 4.69) is 0 Å². The molecule has 0 aliphatic carbocycles. The topological polar surface area (TPSA) is 29.3 Å². The molecule has 2 nitrogen and oxygen atoms in total. The first-order valence-corrected chi connectivity index (χ1v) is 5.42. The van der Waals surface area contributed by atoms with Crippen LogP contribution in [-0.2, 0) is 0 Å². The Morgan fingerprint density at radius 1 is 1.31 bits per heavy atom. The van der Waals surface area contributed by atoms with Crippen LogP contribution < -0.4 is 5.73 Å². The Kier molecular flexibility index (Phi) is 4.83. The molecule has 0 aliphatic heterocycles. The smallest absolute Gasteiger partial charge is 0.130 e. The highest BCUT2D eigenvalue weighted by Crippen LogP contribution is 2.24. The quantitative estimate of drug-likeness (QED) is 0.838. The van der Waals surface area contributed by atoms with Crippen LogP contribution in [0.3, 0.4) is 0 Å². The van der Waals surface area contributed by atoms with E-state index < -0.39 is 11.6 Å². The van der Waals surface area contributed by atoms with E-state index in [4.69, 9.17) is 5.73 Å². The van der Waals surface area contributed by atoms with Crippen molar-refractivity contribution in [2.45, 2.75) is 19.4 Å². The third-order valence-corrected chi connectivity index (χ3v) is 2.79. The van der Waals surface area contributed by atoms with Gasteiger partial charge in [0.1, 0.15) is 11.6 Å². The number of hydrogen-bond acceptors (Lipinski definition) is 2. The van der Waals surface area contributed by atoms with Crippen molar-refractivity contribution in [3.05, 3.63) is 35.4 Å². The van der Waals surface area contributed by atoms with Gasteiger partial charge in [0.25, 0.3) is 0 Å². The average Bonchev–Trinajstić information content (AvgIpc) is 2.25. The predicted molar refractivity (Wildman–Crippen MR) is 61.1 cm³/mol. The summed E-state index contributed by atoms with van der Waals surface area (Å²) in [7, 11) is 1.84. The van der Waals surface area contributed by atoms with Crippen molar-refractivity contribution >= 4 is 0 Å². The summed E-state index contributed by atoms with van der Waals surface area (Å²) in [5, 5.41) is 0. The summed E-state index contributed by atoms with van der Waals surface area (Å²) in [5.74, 6) is -0.987. The maximum Gasteiger partial charge on any atom is 0.130 e. The van der Waals surface area contributed by atoms with Crippen molar-refractivity contribution in [1.82, 2.24) is 4.90 Å². The summed E-state index contributed by atoms with van der Waals surface area (Å²) in [6.45, 7) is 3.10. The van der Waals surface area contributed by atoms with Gasteiger partial charge in [-0.05, 0) is 45.6 Å². The molecule has 0 amide bonds. The SMILES string of the molecule is CC(c1c(F)cccc1F)N(C)CCCN. The first-order chi connectivity index (χ1) is 7.57. The van der Waals surface area contributed by atoms with Crippen molar-refractivity contribution in [2.24, 2.45) is 5.73 Å². The van der Waals surface area contributed by atoms with E-state index in [1.165, 1.54) is 18.2 Å². The Morgan fingerprint density at radius 2 is 1.88 bits per heavy atom. The molecule has 90 valence electrons. The first kappa shape index (κ1) is 13.1. The minimum atomic E-state index is -0.493. The lowest BCUT2D eigenvalue weighted by Gasteiger charge is -2.25. The molecule has 16 heavy (non-hydrogen) atoms. The molecule has 0 spiro atoms. The largest absolute Gasteiger partial charge is 0.330 e. The van der Waals surface area contributed by atoms with E-state index in [1.807, 2.05) is 11.9 Å². The molecule has 0 bridgehead atoms. The van der Waals surface area contributed by atoms with E-state index in [0.717, 1.165) is 13.0 Å². The summed E-state index contributed by atoms with van der Waals surface area (Å²) >= 11 is 0. The zero-order valence-electron chi connectivity index (χ0n) is 9.71. The van der Waals surface area contributed by atoms with Gasteiger partial charge in [-0.25, -0.2) is 8.78 Å². The second-order valence-electron chi connectivity index (χ2n) is 3.93. The van der Waals surface area contributed by atoms with Crippen LogP contribution >= 0.6 is 0 Å². The predicted octanol–water partition coefficient (Wildman–Crippen LogP) is 2.31. The molecule has 1 aromatic rings. The zero-order valence-corrected chi connectivity index (χ0v) is 9.71. The Balaban J connectivity index is 2.82. The van der Waals surface area contributed by atoms with Gasteiger partial charge >= 0.3 is 0 Å². The average molecular weight is 228 g/mol. The van der Waals surface area contributed by atoms with Gasteiger partial charge in [0, 0.05) is 11.6 Å². The third-order valence-electron chi connectivity index (χ3n) is 2.79. The van der Waals surface area contributed by atoms with Crippen molar-refractivity contribution < 1.29 is 8.78 Å². The van der Waals surface area contributed by atoms with Crippen LogP contribution in [0.1, 0.15) is 24.9 Å². The molecule has 0 fully saturated rings. The summed E-state index contributed by atoms with van der Waals surface area (Å²) in [4.78, 5) is 1.90. The fraction of sp³-hybridized carbons (Fsp3) is 0.500. The first-order valence-electron chi connectivity index (χ1n) is 5.42. The number of nitrogens with zero attached hydrogens (tertiary/aromatic N) is 1. The maximum atomic E-state index is 13.5. The Hall–Kier alpha value is -1.00. The van der Waals surface area contributed by atoms with Gasteiger partial charge in [0.2, 0.25) is 0 Å². The molecule has 0 aliphatic rings. The van der Waals surface area contributed by atoms with Gasteiger partial charge in [0.15, 0.2) is 0 Å². The van der Waals surface area contributed by atoms with E-state index in [1.54, 1.807) is 6.92 Å². The van der Waals surface area contributed by atoms with Crippen molar-refractivity contribution in [3.8, 4) is 0 Å². The molecule has 1 atom stereocenters. The second kappa shape index (κ2) is 5.92. The molecule has 0 saturated heterocycles. The minimum absolute atomic E-state index is 0.127. The van der Waals surface area contributed by atoms with Crippen LogP contribution in [-0.4, -0.2) is 25.0 Å². The third kappa shape index (κ3) is 3.00. The van der Waals surface area contributed by atoms with Crippen molar-refractivity contribution in [1.29, 1.82) is 0 Å². The summed E-state index contributed by atoms with van der Waals surface area (Å²) in [6, 6.07) is 3.66. The molecule has 0 heterocycles. The molecule has 0 saturated carbocycles. The molecular weight excluding hydrogens is 210 g/mol. The number of nitrogens with two attached hydrogens (primary N) is 1. The highest BCUT2D eigenvalue weighted by Gasteiger charge is 2.19. The lowest BCUT2D eigenvalue weighted by atomic mass is 10.1. The number of hydrogen-bond donors (Lipinski definition) is 1. The molecule has 1 unspecified atom stereocenters. The van der Waals surface area contributed by atoms with E-state index in [0.29, 0.717) is 6.54 Å². The molecular formula is C12H18F2N2. The van der Waals surface area contributed by atoms with E-state index in [-0.39, 0.29) is 11.6 Å². The normalized spacial score (nSPS) is 13.1. The Bertz CT molecular complexity index is 322. The van der Waals surface area contributed by atoms with Gasteiger partial charge in [-0.2, -0.15) is 0 Å². The summed E-state index contributed by atoms with van der Waals surface area (Å²) in [5.41, 5.74) is 5.53. The maximum absolute atomic E-state index is 13.5. The Morgan fingerprint density at radius 3 is 2.38 bits per heavy atom. The van der Waals surface area contributed by atoms with Crippen LogP contribution in [0.2, 0.25) is 0 Å². The summed E-state index contributed by atoms with van der Waals surface area (Å²) in [6.07, 6.45) is 0.816. The highest BCUT2D eigenvalue weighted by molar-refractivity contribution is 5.22. The lowest BCUT2D eigenvalue weighted by Crippen LogP contribution is -2.26. The van der Waals surface area contributed by atoms with Gasteiger partial charge in [-0.3, -0.25) is 4.90 Å². The molecule has 1 rings (SSSR count). The molecule has 4 heteroatoms. The van der Waals surface area contributed by atoms with Crippen LogP contribution in [0.15, 0.2) is 18.2 Å². The van der Waals surface area contributed by atoms with Crippen LogP contribution in [0.25, 0.3) is 0 Å². The highest BCUT2D eigenvalue weighted by atomic mass is 19.1. The monoisotopic (exact) mass is 228 g/mol. The summed E-state index contributed by atoms with van der Waals surface area (Å²) < 4.78 is 27.0. The standard InChI is InChI=1S/C12H18F2N2/c1-9(16(2)8-4-7-15)12-10(13)5-3-6-11(12)14/h3,5-6,9H,4,7-8,15H2,1-2H3. The van der Waals surface area contributed by atoms with Gasteiger partial charge in [-0.15, -0.1) is 0 Å². The second-order valence-corrected chi connectivity index (χ2v) is 3.93. The van der Waals surface area contributed by atoms with E-state index >= 15 is 0 Å². The van der Waals surface area contributed by atoms with Crippen molar-refractivity contribution in [3.63, 3.8) is 0 Å². The van der Waals surface area contributed by atoms with Crippen LogP contribution in [0.4, 0.5) is 8.78 Å². The molecule has 0 aromatic heterocycles. The Labute approximate surface area is 95.1 Å². The van der Waals surface area contributed by atoms with Gasteiger partial charge in [-0.1, -0.05) is 6.07 Å². The van der Waals surface area contributed by atoms with Gasteiger partial charge in [0.05, 0.1) is 0 Å². The van der Waals surface area contributed by atoms with Crippen molar-refractivity contribution in [2.75, 3.05) is 20.1 Å². The lowest BCUT2D eigenvalue weighted by molar-refractivity contribution is 0.249. The van der Waals surface area contributed by atoms with Gasteiger partial charge < -0.3 is 5.73 Å². The number of halogens is 2. The van der Waals surface area contributed by atoms with E-state index in [9.17, 15) is 8.78 Å². The fourth-order valence-corrected chi connectivity index (χ4v) is 1.66. The number of rotatable bonds is 5. The molecule has 0 radical (unpaired) electrons. The number of benzene rings is 1. The zero-order chi connectivity index (χ0) is 12.1. The molecule has 2 N–H and O–H groups in total. The van der Waals surface area contributed by atoms with Crippen LogP contribution in [0.5, 0.6) is 0 Å². The van der Waals surface area contributed by atoms with Crippen LogP contribution in [0, 0.1) is 11.6 Å². The fourth-order valence-electron chi connectivity index (χ4n) is 1.66. The molecule has 1 aromatic carbocycles. The minimum Gasteiger partial charge on any atom is -0.330 e.